The molecular weight excluding hydrogens is 377 g/mol. The summed E-state index contributed by atoms with van der Waals surface area (Å²) in [5.41, 5.74) is 2.41. The Morgan fingerprint density at radius 3 is 1.90 bits per heavy atom. The van der Waals surface area contributed by atoms with Gasteiger partial charge in [-0.25, -0.2) is 9.18 Å². The zero-order chi connectivity index (χ0) is 22.1. The van der Waals surface area contributed by atoms with Crippen molar-refractivity contribution < 1.29 is 14.3 Å². The molecule has 0 aliphatic heterocycles. The maximum Gasteiger partial charge on any atom is 0.408 e. The zero-order valence-electron chi connectivity index (χ0n) is 18.8. The normalized spacial score (nSPS) is 12.6. The fraction of sp³-hybridized carbons (Fsp3) is 0.500. The number of unbranched alkanes of at least 4 members (excludes halogenated alkanes) is 2. The predicted octanol–water partition coefficient (Wildman–Crippen LogP) is 7.85. The maximum absolute atomic E-state index is 13.2. The molecule has 30 heavy (non-hydrogen) atoms. The highest BCUT2D eigenvalue weighted by Crippen LogP contribution is 2.39. The largest absolute Gasteiger partial charge is 0.465 e. The number of amides is 1. The van der Waals surface area contributed by atoms with Crippen molar-refractivity contribution in [2.75, 3.05) is 0 Å². The standard InChI is InChI=1S/C26H36FNO2/c1-5-9-10-11-24(6-2)28(25(29)30)26(7-3,8-4)22-16-12-20(13-17-22)21-14-18-23(27)19-15-21/h12-19,24H,5-11H2,1-4H3,(H,29,30). The monoisotopic (exact) mass is 413 g/mol. The summed E-state index contributed by atoms with van der Waals surface area (Å²) in [6, 6.07) is 14.6. The molecule has 164 valence electrons. The predicted molar refractivity (Wildman–Crippen MR) is 122 cm³/mol. The van der Waals surface area contributed by atoms with Gasteiger partial charge in [-0.2, -0.15) is 0 Å². The van der Waals surface area contributed by atoms with E-state index in [9.17, 15) is 14.3 Å². The molecule has 0 aliphatic rings. The first kappa shape index (κ1) is 23.9. The van der Waals surface area contributed by atoms with Gasteiger partial charge in [-0.05, 0) is 54.5 Å². The second kappa shape index (κ2) is 11.1. The lowest BCUT2D eigenvalue weighted by Gasteiger charge is -2.46. The van der Waals surface area contributed by atoms with Gasteiger partial charge in [-0.15, -0.1) is 0 Å². The Balaban J connectivity index is 2.42. The third-order valence-electron chi connectivity index (χ3n) is 6.41. The molecule has 0 saturated heterocycles. The highest BCUT2D eigenvalue weighted by Gasteiger charge is 2.41. The van der Waals surface area contributed by atoms with E-state index in [4.69, 9.17) is 0 Å². The highest BCUT2D eigenvalue weighted by atomic mass is 19.1. The van der Waals surface area contributed by atoms with Gasteiger partial charge in [0.15, 0.2) is 0 Å². The van der Waals surface area contributed by atoms with Crippen molar-refractivity contribution in [1.82, 2.24) is 4.90 Å². The van der Waals surface area contributed by atoms with Crippen LogP contribution in [0.4, 0.5) is 9.18 Å². The van der Waals surface area contributed by atoms with Gasteiger partial charge in [0.2, 0.25) is 0 Å². The molecule has 0 fully saturated rings. The van der Waals surface area contributed by atoms with Crippen molar-refractivity contribution in [2.45, 2.75) is 84.2 Å². The summed E-state index contributed by atoms with van der Waals surface area (Å²) in [7, 11) is 0. The van der Waals surface area contributed by atoms with Crippen molar-refractivity contribution >= 4 is 6.09 Å². The molecule has 1 N–H and O–H groups in total. The first-order valence-electron chi connectivity index (χ1n) is 11.3. The molecule has 0 bridgehead atoms. The molecule has 0 aromatic heterocycles. The zero-order valence-corrected chi connectivity index (χ0v) is 18.8. The van der Waals surface area contributed by atoms with E-state index in [0.717, 1.165) is 61.6 Å². The Morgan fingerprint density at radius 2 is 1.47 bits per heavy atom. The van der Waals surface area contributed by atoms with E-state index in [0.29, 0.717) is 0 Å². The minimum atomic E-state index is -0.843. The van der Waals surface area contributed by atoms with Gasteiger partial charge in [0.1, 0.15) is 5.82 Å². The first-order chi connectivity index (χ1) is 14.4. The lowest BCUT2D eigenvalue weighted by molar-refractivity contribution is 0.0301. The van der Waals surface area contributed by atoms with Gasteiger partial charge in [0, 0.05) is 6.04 Å². The molecular formula is C26H36FNO2. The maximum atomic E-state index is 13.2. The van der Waals surface area contributed by atoms with E-state index in [1.807, 2.05) is 24.3 Å². The Labute approximate surface area is 180 Å². The molecule has 1 atom stereocenters. The van der Waals surface area contributed by atoms with Crippen molar-refractivity contribution in [1.29, 1.82) is 0 Å². The third-order valence-corrected chi connectivity index (χ3v) is 6.41. The second-order valence-electron chi connectivity index (χ2n) is 8.03. The third kappa shape index (κ3) is 5.21. The average molecular weight is 414 g/mol. The van der Waals surface area contributed by atoms with Gasteiger partial charge < -0.3 is 5.11 Å². The summed E-state index contributed by atoms with van der Waals surface area (Å²) < 4.78 is 13.2. The Hall–Kier alpha value is -2.36. The van der Waals surface area contributed by atoms with Crippen molar-refractivity contribution in [3.63, 3.8) is 0 Å². The number of rotatable bonds is 11. The number of nitrogens with zero attached hydrogens (tertiary/aromatic N) is 1. The number of carboxylic acid groups (broad SMARTS) is 1. The van der Waals surface area contributed by atoms with E-state index in [1.165, 1.54) is 12.1 Å². The number of hydrogen-bond donors (Lipinski definition) is 1. The van der Waals surface area contributed by atoms with E-state index in [-0.39, 0.29) is 11.9 Å². The van der Waals surface area contributed by atoms with Crippen LogP contribution in [0, 0.1) is 5.82 Å². The number of hydrogen-bond acceptors (Lipinski definition) is 1. The van der Waals surface area contributed by atoms with Gasteiger partial charge in [0.25, 0.3) is 0 Å². The average Bonchev–Trinajstić information content (AvgIpc) is 2.76. The highest BCUT2D eigenvalue weighted by molar-refractivity contribution is 5.68. The number of carbonyl (C=O) groups is 1. The van der Waals surface area contributed by atoms with Crippen LogP contribution >= 0.6 is 0 Å². The van der Waals surface area contributed by atoms with Crippen molar-refractivity contribution in [2.24, 2.45) is 0 Å². The van der Waals surface area contributed by atoms with Crippen LogP contribution in [-0.2, 0) is 5.54 Å². The summed E-state index contributed by atoms with van der Waals surface area (Å²) in [6.07, 6.45) is 5.60. The van der Waals surface area contributed by atoms with Crippen LogP contribution in [0.5, 0.6) is 0 Å². The van der Waals surface area contributed by atoms with Crippen LogP contribution < -0.4 is 0 Å². The van der Waals surface area contributed by atoms with E-state index in [1.54, 1.807) is 17.0 Å². The van der Waals surface area contributed by atoms with Crippen LogP contribution in [-0.4, -0.2) is 22.1 Å². The lowest BCUT2D eigenvalue weighted by atomic mass is 9.80. The minimum absolute atomic E-state index is 0.00530. The van der Waals surface area contributed by atoms with Crippen LogP contribution in [0.2, 0.25) is 0 Å². The topological polar surface area (TPSA) is 40.5 Å². The molecule has 0 saturated carbocycles. The van der Waals surface area contributed by atoms with E-state index < -0.39 is 11.6 Å². The van der Waals surface area contributed by atoms with Crippen LogP contribution in [0.3, 0.4) is 0 Å². The fourth-order valence-electron chi connectivity index (χ4n) is 4.59. The number of halogens is 1. The summed E-state index contributed by atoms with van der Waals surface area (Å²) in [5.74, 6) is -0.253. The summed E-state index contributed by atoms with van der Waals surface area (Å²) in [5, 5.41) is 10.2. The van der Waals surface area contributed by atoms with E-state index in [2.05, 4.69) is 27.7 Å². The van der Waals surface area contributed by atoms with Crippen LogP contribution in [0.25, 0.3) is 11.1 Å². The molecule has 0 aliphatic carbocycles. The van der Waals surface area contributed by atoms with Gasteiger partial charge >= 0.3 is 6.09 Å². The minimum Gasteiger partial charge on any atom is -0.465 e. The summed E-state index contributed by atoms with van der Waals surface area (Å²) >= 11 is 0. The van der Waals surface area contributed by atoms with E-state index >= 15 is 0 Å². The molecule has 2 rings (SSSR count). The Morgan fingerprint density at radius 1 is 0.933 bits per heavy atom. The molecule has 3 nitrogen and oxygen atoms in total. The fourth-order valence-corrected chi connectivity index (χ4v) is 4.59. The molecule has 0 heterocycles. The lowest BCUT2D eigenvalue weighted by Crippen LogP contribution is -2.53. The molecule has 2 aromatic rings. The van der Waals surface area contributed by atoms with Gasteiger partial charge in [-0.1, -0.05) is 83.4 Å². The number of benzene rings is 2. The van der Waals surface area contributed by atoms with Crippen LogP contribution in [0.15, 0.2) is 48.5 Å². The molecule has 4 heteroatoms. The molecule has 1 amide bonds. The molecule has 2 aromatic carbocycles. The molecule has 1 unspecified atom stereocenters. The van der Waals surface area contributed by atoms with Gasteiger partial charge in [-0.3, -0.25) is 4.90 Å². The summed E-state index contributed by atoms with van der Waals surface area (Å²) in [6.45, 7) is 8.40. The second-order valence-corrected chi connectivity index (χ2v) is 8.03. The smallest absolute Gasteiger partial charge is 0.408 e. The first-order valence-corrected chi connectivity index (χ1v) is 11.3. The van der Waals surface area contributed by atoms with Crippen LogP contribution in [0.1, 0.15) is 78.2 Å². The quantitative estimate of drug-likeness (QED) is 0.381. The summed E-state index contributed by atoms with van der Waals surface area (Å²) in [4.78, 5) is 14.2. The molecule has 0 radical (unpaired) electrons. The van der Waals surface area contributed by atoms with Crippen molar-refractivity contribution in [3.05, 3.63) is 59.9 Å². The Kier molecular flexibility index (Phi) is 8.88. The van der Waals surface area contributed by atoms with Crippen molar-refractivity contribution in [3.8, 4) is 11.1 Å². The SMILES string of the molecule is CCCCCC(CC)N(C(=O)O)C(CC)(CC)c1ccc(-c2ccc(F)cc2)cc1. The Bertz CT molecular complexity index is 782. The van der Waals surface area contributed by atoms with Gasteiger partial charge in [0.05, 0.1) is 5.54 Å². The molecule has 0 spiro atoms.